The van der Waals surface area contributed by atoms with E-state index in [4.69, 9.17) is 28.9 Å². The average molecular weight is 695 g/mol. The Labute approximate surface area is 286 Å². The van der Waals surface area contributed by atoms with Crippen LogP contribution < -0.4 is 21.3 Å². The Kier molecular flexibility index (Phi) is 8.88. The van der Waals surface area contributed by atoms with Crippen LogP contribution in [0.5, 0.6) is 0 Å². The molecule has 1 aliphatic carbocycles. The quantitative estimate of drug-likeness (QED) is 0.156. The van der Waals surface area contributed by atoms with Crippen LogP contribution in [0.2, 0.25) is 10.0 Å². The summed E-state index contributed by atoms with van der Waals surface area (Å²) in [6.07, 6.45) is 6.40. The van der Waals surface area contributed by atoms with Crippen molar-refractivity contribution in [2.45, 2.75) is 49.7 Å². The van der Waals surface area contributed by atoms with Gasteiger partial charge in [0.05, 0.1) is 21.9 Å². The van der Waals surface area contributed by atoms with Crippen LogP contribution in [0.3, 0.4) is 0 Å². The van der Waals surface area contributed by atoms with E-state index in [0.717, 1.165) is 5.56 Å². The number of nitrogens with zero attached hydrogens (tertiary/aromatic N) is 6. The van der Waals surface area contributed by atoms with Gasteiger partial charge >= 0.3 is 0 Å². The van der Waals surface area contributed by atoms with Gasteiger partial charge in [0.15, 0.2) is 11.6 Å². The minimum absolute atomic E-state index is 0.0493. The molecule has 0 bridgehead atoms. The van der Waals surface area contributed by atoms with Gasteiger partial charge in [-0.3, -0.25) is 19.0 Å². The van der Waals surface area contributed by atoms with E-state index in [0.29, 0.717) is 37.3 Å². The number of amides is 3. The first-order valence-electron chi connectivity index (χ1n) is 15.3. The molecule has 2 aromatic carbocycles. The Morgan fingerprint density at radius 2 is 1.73 bits per heavy atom. The zero-order chi connectivity index (χ0) is 34.4. The molecule has 0 radical (unpaired) electrons. The molecule has 1 aliphatic heterocycles. The normalized spacial score (nSPS) is 18.5. The van der Waals surface area contributed by atoms with Crippen LogP contribution in [0.4, 0.5) is 21.7 Å². The first kappa shape index (κ1) is 33.3. The van der Waals surface area contributed by atoms with E-state index in [1.807, 2.05) is 19.0 Å². The summed E-state index contributed by atoms with van der Waals surface area (Å²) in [4.78, 5) is 58.6. The molecule has 0 spiro atoms. The summed E-state index contributed by atoms with van der Waals surface area (Å²) in [5.74, 6) is -1.64. The highest BCUT2D eigenvalue weighted by molar-refractivity contribution is 6.35. The summed E-state index contributed by atoms with van der Waals surface area (Å²) >= 11 is 12.2. The number of rotatable bonds is 11. The fraction of sp³-hybridized carbons (Fsp3) is 0.333. The van der Waals surface area contributed by atoms with E-state index in [1.54, 1.807) is 49.6 Å². The molecule has 4 aromatic rings. The lowest BCUT2D eigenvalue weighted by Crippen LogP contribution is -2.51. The number of carbonyl (C=O) groups excluding carboxylic acids is 3. The van der Waals surface area contributed by atoms with E-state index in [1.165, 1.54) is 27.8 Å². The van der Waals surface area contributed by atoms with Crippen LogP contribution >= 0.6 is 23.2 Å². The van der Waals surface area contributed by atoms with Gasteiger partial charge in [-0.1, -0.05) is 35.3 Å². The van der Waals surface area contributed by atoms with E-state index < -0.39 is 34.8 Å². The summed E-state index contributed by atoms with van der Waals surface area (Å²) in [5.41, 5.74) is 5.37. The van der Waals surface area contributed by atoms with Crippen molar-refractivity contribution in [3.8, 4) is 0 Å². The number of nitrogens with two attached hydrogens (primary N) is 1. The maximum Gasteiger partial charge on any atom is 0.270 e. The lowest BCUT2D eigenvalue weighted by atomic mass is 9.91. The van der Waals surface area contributed by atoms with Crippen LogP contribution in [0.25, 0.3) is 0 Å². The topological polar surface area (TPSA) is 151 Å². The second kappa shape index (κ2) is 12.8. The average Bonchev–Trinajstić information content (AvgIpc) is 3.64. The summed E-state index contributed by atoms with van der Waals surface area (Å²) < 4.78 is 15.9. The molecule has 1 fully saturated rings. The number of nitrogen functional groups attached to an aromatic ring is 1. The van der Waals surface area contributed by atoms with Gasteiger partial charge in [-0.2, -0.15) is 0 Å². The molecule has 3 amide bonds. The van der Waals surface area contributed by atoms with Gasteiger partial charge in [0.2, 0.25) is 11.9 Å². The number of hydrogen-bond acceptors (Lipinski definition) is 8. The number of imidazole rings is 1. The van der Waals surface area contributed by atoms with Gasteiger partial charge in [-0.05, 0) is 82.7 Å². The number of nitrogens with one attached hydrogen (secondary N) is 2. The molecule has 48 heavy (non-hydrogen) atoms. The van der Waals surface area contributed by atoms with Gasteiger partial charge in [0.25, 0.3) is 11.8 Å². The second-order valence-electron chi connectivity index (χ2n) is 12.6. The SMILES string of the molecule is CN(C)CC[C@H](NC(=O)c1cnc2n1[C@](C)(Cc1ccc(N)cc1)C(=O)N2c1cc(Cl)c(F)c(Cl)c1)C(=O)NC1(c2ncccn2)CC1. The smallest absolute Gasteiger partial charge is 0.270 e. The van der Waals surface area contributed by atoms with Crippen molar-refractivity contribution in [1.82, 2.24) is 35.1 Å². The van der Waals surface area contributed by atoms with Crippen molar-refractivity contribution >= 4 is 58.2 Å². The molecule has 250 valence electrons. The summed E-state index contributed by atoms with van der Waals surface area (Å²) in [6, 6.07) is 10.4. The molecule has 2 aromatic heterocycles. The van der Waals surface area contributed by atoms with E-state index >= 15 is 0 Å². The van der Waals surface area contributed by atoms with Crippen molar-refractivity contribution < 1.29 is 18.8 Å². The third kappa shape index (κ3) is 6.20. The molecule has 15 heteroatoms. The molecule has 3 heterocycles. The van der Waals surface area contributed by atoms with E-state index in [-0.39, 0.29) is 39.7 Å². The van der Waals surface area contributed by atoms with Crippen molar-refractivity contribution in [3.05, 3.63) is 94.0 Å². The van der Waals surface area contributed by atoms with Crippen LogP contribution in [0.1, 0.15) is 48.1 Å². The van der Waals surface area contributed by atoms with Crippen LogP contribution in [0, 0.1) is 5.82 Å². The van der Waals surface area contributed by atoms with Gasteiger partial charge < -0.3 is 21.3 Å². The van der Waals surface area contributed by atoms with Crippen LogP contribution in [-0.4, -0.2) is 68.8 Å². The Hall–Kier alpha value is -4.59. The van der Waals surface area contributed by atoms with Gasteiger partial charge in [0, 0.05) is 24.5 Å². The standard InChI is InChI=1S/C33H34Cl2FN9O3/c1-32(17-19-5-7-20(37)8-6-19)30(48)44(21-15-22(34)26(36)23(35)16-21)31-40-18-25(45(31)32)28(47)41-24(9-14-43(2)3)27(46)42-33(10-11-33)29-38-12-4-13-39-29/h4-8,12-13,15-16,18,24H,9-11,14,17,37H2,1-3H3,(H,41,47)(H,42,46)/t24-,32+/m0/s1. The number of aromatic nitrogens is 4. The third-order valence-corrected chi connectivity index (χ3v) is 9.23. The Morgan fingerprint density at radius 3 is 2.33 bits per heavy atom. The molecule has 6 rings (SSSR count). The van der Waals surface area contributed by atoms with Crippen molar-refractivity contribution in [2.24, 2.45) is 0 Å². The highest BCUT2D eigenvalue weighted by Crippen LogP contribution is 2.45. The zero-order valence-corrected chi connectivity index (χ0v) is 28.0. The largest absolute Gasteiger partial charge is 0.399 e. The molecule has 4 N–H and O–H groups in total. The summed E-state index contributed by atoms with van der Waals surface area (Å²) in [6.45, 7) is 2.19. The van der Waals surface area contributed by atoms with Gasteiger partial charge in [-0.25, -0.2) is 24.2 Å². The first-order chi connectivity index (χ1) is 22.8. The number of carbonyl (C=O) groups is 3. The predicted octanol–water partition coefficient (Wildman–Crippen LogP) is 4.19. The molecule has 0 unspecified atom stereocenters. The van der Waals surface area contributed by atoms with Crippen molar-refractivity contribution in [2.75, 3.05) is 31.3 Å². The second-order valence-corrected chi connectivity index (χ2v) is 13.4. The third-order valence-electron chi connectivity index (χ3n) is 8.68. The minimum Gasteiger partial charge on any atom is -0.399 e. The highest BCUT2D eigenvalue weighted by Gasteiger charge is 2.52. The molecule has 12 nitrogen and oxygen atoms in total. The Morgan fingerprint density at radius 1 is 1.08 bits per heavy atom. The van der Waals surface area contributed by atoms with Gasteiger partial charge in [-0.15, -0.1) is 0 Å². The molecule has 0 saturated heterocycles. The number of fused-ring (bicyclic) bond motifs is 1. The maximum atomic E-state index is 14.4. The van der Waals surface area contributed by atoms with E-state index in [9.17, 15) is 18.8 Å². The monoisotopic (exact) mass is 693 g/mol. The Bertz CT molecular complexity index is 1860. The van der Waals surface area contributed by atoms with Gasteiger partial charge in [0.1, 0.15) is 22.8 Å². The number of anilines is 3. The maximum absolute atomic E-state index is 14.4. The molecular formula is C33H34Cl2FN9O3. The lowest BCUT2D eigenvalue weighted by molar-refractivity contribution is -0.125. The van der Waals surface area contributed by atoms with Crippen LogP contribution in [0.15, 0.2) is 61.1 Å². The summed E-state index contributed by atoms with van der Waals surface area (Å²) in [7, 11) is 3.75. The molecule has 2 atom stereocenters. The Balaban J connectivity index is 1.36. The minimum atomic E-state index is -1.38. The highest BCUT2D eigenvalue weighted by atomic mass is 35.5. The fourth-order valence-corrected chi connectivity index (χ4v) is 6.43. The van der Waals surface area contributed by atoms with Crippen molar-refractivity contribution in [1.29, 1.82) is 0 Å². The molecule has 2 aliphatic rings. The van der Waals surface area contributed by atoms with E-state index in [2.05, 4.69) is 25.6 Å². The number of halogens is 3. The number of benzene rings is 2. The summed E-state index contributed by atoms with van der Waals surface area (Å²) in [5, 5.41) is 5.40. The van der Waals surface area contributed by atoms with Crippen LogP contribution in [-0.2, 0) is 27.1 Å². The zero-order valence-electron chi connectivity index (χ0n) is 26.5. The predicted molar refractivity (Wildman–Crippen MR) is 180 cm³/mol. The molecular weight excluding hydrogens is 660 g/mol. The van der Waals surface area contributed by atoms with Crippen molar-refractivity contribution in [3.63, 3.8) is 0 Å². The fourth-order valence-electron chi connectivity index (χ4n) is 5.95. The first-order valence-corrected chi connectivity index (χ1v) is 16.1. The lowest BCUT2D eigenvalue weighted by Gasteiger charge is -2.27. The molecule has 1 saturated carbocycles. The number of hydrogen-bond donors (Lipinski definition) is 3.